The molecule has 2 atom stereocenters. The molecule has 1 rings (SSSR count). The molecule has 0 bridgehead atoms. The molecule has 0 amide bonds. The minimum absolute atomic E-state index is 0. The Bertz CT molecular complexity index is 303. The quantitative estimate of drug-likeness (QED) is 0.452. The summed E-state index contributed by atoms with van der Waals surface area (Å²) in [6, 6.07) is 0. The fraction of sp³-hybridized carbons (Fsp3) is 0.500. The SMILES string of the molecule is CCO[C@@H]1C=CC=C(C)[C@@H]1OCC.[C-]#[O+].[C-]#[O+].[C-]#[O+].[Fe]. The van der Waals surface area contributed by atoms with Gasteiger partial charge >= 0.3 is 33.9 Å². The Labute approximate surface area is 131 Å². The van der Waals surface area contributed by atoms with Gasteiger partial charge in [0.05, 0.1) is 0 Å². The van der Waals surface area contributed by atoms with E-state index in [0.717, 1.165) is 13.2 Å². The van der Waals surface area contributed by atoms with Crippen LogP contribution in [0.3, 0.4) is 0 Å². The molecule has 0 aromatic carbocycles. The van der Waals surface area contributed by atoms with Gasteiger partial charge < -0.3 is 9.47 Å². The van der Waals surface area contributed by atoms with Gasteiger partial charge in [-0.25, -0.2) is 0 Å². The van der Waals surface area contributed by atoms with E-state index < -0.39 is 0 Å². The van der Waals surface area contributed by atoms with Crippen molar-refractivity contribution in [3.63, 3.8) is 0 Å². The van der Waals surface area contributed by atoms with Crippen LogP contribution in [0.2, 0.25) is 0 Å². The average Bonchev–Trinajstić information content (AvgIpc) is 2.49. The molecule has 0 spiro atoms. The molecule has 0 radical (unpaired) electrons. The van der Waals surface area contributed by atoms with Gasteiger partial charge in [0.2, 0.25) is 0 Å². The van der Waals surface area contributed by atoms with E-state index in [4.69, 9.17) is 23.4 Å². The van der Waals surface area contributed by atoms with Crippen LogP contribution in [-0.2, 0) is 40.5 Å². The van der Waals surface area contributed by atoms with Gasteiger partial charge in [-0.05, 0) is 26.3 Å². The van der Waals surface area contributed by atoms with Gasteiger partial charge in [0.1, 0.15) is 12.2 Å². The van der Waals surface area contributed by atoms with Crippen molar-refractivity contribution in [1.82, 2.24) is 0 Å². The molecule has 0 fully saturated rings. The summed E-state index contributed by atoms with van der Waals surface area (Å²) in [6.45, 7) is 21.0. The molecule has 112 valence electrons. The summed E-state index contributed by atoms with van der Waals surface area (Å²) in [4.78, 5) is 0. The summed E-state index contributed by atoms with van der Waals surface area (Å²) >= 11 is 0. The van der Waals surface area contributed by atoms with Crippen molar-refractivity contribution in [2.75, 3.05) is 13.2 Å². The van der Waals surface area contributed by atoms with Crippen molar-refractivity contribution in [3.05, 3.63) is 43.8 Å². The maximum atomic E-state index is 7.50. The fourth-order valence-electron chi connectivity index (χ4n) is 1.51. The molecule has 0 aromatic heterocycles. The number of ether oxygens (including phenoxy) is 2. The predicted molar refractivity (Wildman–Crippen MR) is 65.5 cm³/mol. The van der Waals surface area contributed by atoms with E-state index in [1.54, 1.807) is 0 Å². The minimum Gasteiger partial charge on any atom is 0 e. The second-order valence-corrected chi connectivity index (χ2v) is 3.09. The van der Waals surface area contributed by atoms with Crippen LogP contribution in [0, 0.1) is 20.0 Å². The third-order valence-electron chi connectivity index (χ3n) is 2.11. The first-order chi connectivity index (χ1) is 9.29. The van der Waals surface area contributed by atoms with Crippen LogP contribution in [0.5, 0.6) is 0 Å². The summed E-state index contributed by atoms with van der Waals surface area (Å²) in [6.07, 6.45) is 6.36. The van der Waals surface area contributed by atoms with E-state index in [2.05, 4.69) is 39.0 Å². The van der Waals surface area contributed by atoms with Crippen LogP contribution in [0.15, 0.2) is 23.8 Å². The molecule has 20 heavy (non-hydrogen) atoms. The van der Waals surface area contributed by atoms with Crippen LogP contribution in [-0.4, -0.2) is 25.4 Å². The predicted octanol–water partition coefficient (Wildman–Crippen LogP) is 2.20. The Morgan fingerprint density at radius 1 is 1.00 bits per heavy atom. The van der Waals surface area contributed by atoms with Gasteiger partial charge in [-0.3, -0.25) is 0 Å². The number of rotatable bonds is 4. The maximum Gasteiger partial charge on any atom is 0 e. The Kier molecular flexibility index (Phi) is 31.9. The summed E-state index contributed by atoms with van der Waals surface area (Å²) in [5, 5.41) is 0. The van der Waals surface area contributed by atoms with E-state index in [9.17, 15) is 0 Å². The van der Waals surface area contributed by atoms with Crippen LogP contribution in [0.25, 0.3) is 0 Å². The molecule has 6 heteroatoms. The second-order valence-electron chi connectivity index (χ2n) is 3.09. The zero-order chi connectivity index (χ0) is 15.7. The zero-order valence-electron chi connectivity index (χ0n) is 11.7. The van der Waals surface area contributed by atoms with E-state index >= 15 is 0 Å². The molecule has 0 N–H and O–H groups in total. The Balaban J connectivity index is -0.000000162. The summed E-state index contributed by atoms with van der Waals surface area (Å²) in [7, 11) is 0. The van der Waals surface area contributed by atoms with Gasteiger partial charge in [-0.15, -0.1) is 0 Å². The fourth-order valence-corrected chi connectivity index (χ4v) is 1.51. The zero-order valence-corrected chi connectivity index (χ0v) is 12.8. The van der Waals surface area contributed by atoms with Gasteiger partial charge in [-0.2, -0.15) is 0 Å². The van der Waals surface area contributed by atoms with Crippen LogP contribution < -0.4 is 0 Å². The molecule has 1 aliphatic rings. The second kappa shape index (κ2) is 23.2. The molecule has 0 saturated carbocycles. The van der Waals surface area contributed by atoms with E-state index in [0.29, 0.717) is 0 Å². The summed E-state index contributed by atoms with van der Waals surface area (Å²) < 4.78 is 33.7. The van der Waals surface area contributed by atoms with Crippen molar-refractivity contribution in [2.24, 2.45) is 0 Å². The third kappa shape index (κ3) is 12.2. The number of allylic oxidation sites excluding steroid dienone is 2. The van der Waals surface area contributed by atoms with Gasteiger partial charge in [-0.1, -0.05) is 18.2 Å². The van der Waals surface area contributed by atoms with Gasteiger partial charge in [0.15, 0.2) is 0 Å². The van der Waals surface area contributed by atoms with Crippen molar-refractivity contribution in [2.45, 2.75) is 33.0 Å². The summed E-state index contributed by atoms with van der Waals surface area (Å²) in [5.41, 5.74) is 1.24. The van der Waals surface area contributed by atoms with Crippen LogP contribution >= 0.6 is 0 Å². The molecular formula is C14H18FeO5. The van der Waals surface area contributed by atoms with Crippen LogP contribution in [0.1, 0.15) is 20.8 Å². The third-order valence-corrected chi connectivity index (χ3v) is 2.11. The molecule has 1 aliphatic carbocycles. The summed E-state index contributed by atoms with van der Waals surface area (Å²) in [5.74, 6) is 0. The molecule has 0 saturated heterocycles. The minimum atomic E-state index is 0. The van der Waals surface area contributed by atoms with E-state index in [1.807, 2.05) is 19.9 Å². The Morgan fingerprint density at radius 2 is 1.45 bits per heavy atom. The average molecular weight is 322 g/mol. The molecule has 0 aromatic rings. The van der Waals surface area contributed by atoms with Gasteiger partial charge in [0, 0.05) is 30.3 Å². The standard InChI is InChI=1S/C11H18O2.3CO.Fe/c1-4-12-10-8-6-7-9(3)11(10)13-5-2;3*1-2;/h6-8,10-11H,4-5H2,1-3H3;;;;/t10-,11+;;;;/m1..../s1. The first kappa shape index (κ1) is 27.5. The molecule has 5 nitrogen and oxygen atoms in total. The number of hydrogen-bond donors (Lipinski definition) is 0. The molecule has 0 aliphatic heterocycles. The molecular weight excluding hydrogens is 304 g/mol. The Hall–Kier alpha value is -0.861. The topological polar surface area (TPSA) is 78.2 Å². The Morgan fingerprint density at radius 3 is 1.85 bits per heavy atom. The smallest absolute Gasteiger partial charge is 0 e. The van der Waals surface area contributed by atoms with Crippen molar-refractivity contribution in [1.29, 1.82) is 0 Å². The van der Waals surface area contributed by atoms with Crippen molar-refractivity contribution in [3.8, 4) is 0 Å². The van der Waals surface area contributed by atoms with E-state index in [1.165, 1.54) is 5.57 Å². The molecule has 0 heterocycles. The largest absolute Gasteiger partial charge is 0 e. The van der Waals surface area contributed by atoms with Gasteiger partial charge in [0.25, 0.3) is 0 Å². The first-order valence-corrected chi connectivity index (χ1v) is 5.49. The normalized spacial score (nSPS) is 18.1. The first-order valence-electron chi connectivity index (χ1n) is 5.49. The van der Waals surface area contributed by atoms with Crippen LogP contribution in [0.4, 0.5) is 0 Å². The van der Waals surface area contributed by atoms with Crippen molar-refractivity contribution >= 4 is 0 Å². The maximum absolute atomic E-state index is 7.50. The van der Waals surface area contributed by atoms with E-state index in [-0.39, 0.29) is 29.3 Å². The monoisotopic (exact) mass is 322 g/mol. The molecule has 0 unspecified atom stereocenters. The van der Waals surface area contributed by atoms with Crippen molar-refractivity contribution < 1.29 is 40.5 Å². The number of hydrogen-bond acceptors (Lipinski definition) is 2.